The second-order valence-electron chi connectivity index (χ2n) is 4.25. The maximum Gasteiger partial charge on any atom is 0.0642 e. The largest absolute Gasteiger partial charge is 0.311 e. The molecule has 72 valence electrons. The van der Waals surface area contributed by atoms with E-state index in [0.29, 0.717) is 0 Å². The van der Waals surface area contributed by atoms with Crippen molar-refractivity contribution in [1.82, 2.24) is 15.1 Å². The smallest absolute Gasteiger partial charge is 0.0642 e. The Labute approximate surface area is 79.1 Å². The Bertz CT molecular complexity index is 284. The van der Waals surface area contributed by atoms with E-state index < -0.39 is 0 Å². The molecule has 0 radical (unpaired) electrons. The molecule has 13 heavy (non-hydrogen) atoms. The molecule has 0 saturated carbocycles. The average Bonchev–Trinajstić information content (AvgIpc) is 2.62. The lowest BCUT2D eigenvalue weighted by molar-refractivity contribution is 0.407. The molecule has 1 unspecified atom stereocenters. The predicted molar refractivity (Wildman–Crippen MR) is 52.6 cm³/mol. The first-order valence-electron chi connectivity index (χ1n) is 4.92. The van der Waals surface area contributed by atoms with Gasteiger partial charge in [-0.3, -0.25) is 4.68 Å². The topological polar surface area (TPSA) is 29.9 Å². The first kappa shape index (κ1) is 8.75. The Morgan fingerprint density at radius 3 is 3.08 bits per heavy atom. The van der Waals surface area contributed by atoms with Gasteiger partial charge in [0.25, 0.3) is 0 Å². The zero-order valence-electron chi connectivity index (χ0n) is 8.38. The van der Waals surface area contributed by atoms with Crippen LogP contribution in [0.15, 0.2) is 12.3 Å². The van der Waals surface area contributed by atoms with Crippen LogP contribution in [0.3, 0.4) is 0 Å². The van der Waals surface area contributed by atoms with Crippen molar-refractivity contribution in [2.45, 2.75) is 31.7 Å². The van der Waals surface area contributed by atoms with Gasteiger partial charge in [-0.15, -0.1) is 0 Å². The number of nitrogens with zero attached hydrogens (tertiary/aromatic N) is 2. The summed E-state index contributed by atoms with van der Waals surface area (Å²) >= 11 is 0. The van der Waals surface area contributed by atoms with Crippen LogP contribution in [0.5, 0.6) is 0 Å². The van der Waals surface area contributed by atoms with Gasteiger partial charge in [-0.2, -0.15) is 5.10 Å². The van der Waals surface area contributed by atoms with E-state index in [-0.39, 0.29) is 5.54 Å². The third-order valence-corrected chi connectivity index (χ3v) is 2.80. The fraction of sp³-hybridized carbons (Fsp3) is 0.700. The number of hydrogen-bond donors (Lipinski definition) is 1. The van der Waals surface area contributed by atoms with Crippen molar-refractivity contribution in [2.24, 2.45) is 7.05 Å². The molecule has 0 aliphatic carbocycles. The highest BCUT2D eigenvalue weighted by atomic mass is 15.2. The highest BCUT2D eigenvalue weighted by molar-refractivity contribution is 5.06. The van der Waals surface area contributed by atoms with Crippen LogP contribution in [0.1, 0.15) is 25.5 Å². The van der Waals surface area contributed by atoms with Gasteiger partial charge in [0.2, 0.25) is 0 Å². The van der Waals surface area contributed by atoms with Gasteiger partial charge in [0.05, 0.1) is 5.69 Å². The molecule has 3 nitrogen and oxygen atoms in total. The Kier molecular flexibility index (Phi) is 2.12. The summed E-state index contributed by atoms with van der Waals surface area (Å²) in [6.45, 7) is 3.44. The lowest BCUT2D eigenvalue weighted by Gasteiger charge is -2.22. The summed E-state index contributed by atoms with van der Waals surface area (Å²) in [7, 11) is 1.97. The average molecular weight is 179 g/mol. The lowest BCUT2D eigenvalue weighted by atomic mass is 9.94. The van der Waals surface area contributed by atoms with E-state index in [4.69, 9.17) is 0 Å². The highest BCUT2D eigenvalue weighted by Crippen LogP contribution is 2.22. The van der Waals surface area contributed by atoms with Crippen LogP contribution in [0, 0.1) is 0 Å². The molecule has 1 fully saturated rings. The SMILES string of the molecule is Cn1ccc(CC2(C)CCCN2)n1. The summed E-state index contributed by atoms with van der Waals surface area (Å²) in [4.78, 5) is 0. The number of aromatic nitrogens is 2. The standard InChI is InChI=1S/C10H17N3/c1-10(5-3-6-11-10)8-9-4-7-13(2)12-9/h4,7,11H,3,5-6,8H2,1-2H3. The van der Waals surface area contributed by atoms with E-state index in [9.17, 15) is 0 Å². The van der Waals surface area contributed by atoms with Crippen molar-refractivity contribution < 1.29 is 0 Å². The van der Waals surface area contributed by atoms with Crippen molar-refractivity contribution in [1.29, 1.82) is 0 Å². The van der Waals surface area contributed by atoms with Gasteiger partial charge in [-0.1, -0.05) is 0 Å². The molecule has 1 atom stereocenters. The second kappa shape index (κ2) is 3.14. The molecule has 2 heterocycles. The van der Waals surface area contributed by atoms with Gasteiger partial charge in [0.15, 0.2) is 0 Å². The fourth-order valence-corrected chi connectivity index (χ4v) is 2.07. The molecule has 1 saturated heterocycles. The molecule has 2 rings (SSSR count). The highest BCUT2D eigenvalue weighted by Gasteiger charge is 2.28. The van der Waals surface area contributed by atoms with Crippen LogP contribution in [0.4, 0.5) is 0 Å². The monoisotopic (exact) mass is 179 g/mol. The summed E-state index contributed by atoms with van der Waals surface area (Å²) in [6, 6.07) is 2.10. The maximum atomic E-state index is 4.40. The van der Waals surface area contributed by atoms with Crippen LogP contribution in [-0.4, -0.2) is 21.9 Å². The summed E-state index contributed by atoms with van der Waals surface area (Å²) in [5.74, 6) is 0. The number of hydrogen-bond acceptors (Lipinski definition) is 2. The molecular formula is C10H17N3. The Morgan fingerprint density at radius 1 is 1.69 bits per heavy atom. The van der Waals surface area contributed by atoms with Crippen LogP contribution >= 0.6 is 0 Å². The predicted octanol–water partition coefficient (Wildman–Crippen LogP) is 1.10. The van der Waals surface area contributed by atoms with Crippen molar-refractivity contribution in [3.8, 4) is 0 Å². The summed E-state index contributed by atoms with van der Waals surface area (Å²) in [5.41, 5.74) is 1.48. The van der Waals surface area contributed by atoms with Crippen molar-refractivity contribution in [3.05, 3.63) is 18.0 Å². The molecule has 1 aromatic rings. The molecule has 0 spiro atoms. The molecule has 1 aliphatic rings. The normalized spacial score (nSPS) is 28.2. The van der Waals surface area contributed by atoms with E-state index in [2.05, 4.69) is 23.4 Å². The minimum absolute atomic E-state index is 0.286. The Balaban J connectivity index is 2.04. The molecule has 1 aromatic heterocycles. The fourth-order valence-electron chi connectivity index (χ4n) is 2.07. The number of rotatable bonds is 2. The van der Waals surface area contributed by atoms with Gasteiger partial charge in [0.1, 0.15) is 0 Å². The quantitative estimate of drug-likeness (QED) is 0.737. The first-order chi connectivity index (χ1) is 6.18. The Hall–Kier alpha value is -0.830. The van der Waals surface area contributed by atoms with E-state index in [1.165, 1.54) is 18.5 Å². The van der Waals surface area contributed by atoms with Crippen molar-refractivity contribution in [2.75, 3.05) is 6.54 Å². The lowest BCUT2D eigenvalue weighted by Crippen LogP contribution is -2.38. The summed E-state index contributed by atoms with van der Waals surface area (Å²) < 4.78 is 1.87. The molecule has 0 bridgehead atoms. The number of nitrogens with one attached hydrogen (secondary N) is 1. The first-order valence-corrected chi connectivity index (χ1v) is 4.92. The van der Waals surface area contributed by atoms with E-state index in [1.54, 1.807) is 0 Å². The minimum Gasteiger partial charge on any atom is -0.311 e. The molecule has 3 heteroatoms. The van der Waals surface area contributed by atoms with E-state index in [1.807, 2.05) is 17.9 Å². The summed E-state index contributed by atoms with van der Waals surface area (Å²) in [6.07, 6.45) is 5.62. The van der Waals surface area contributed by atoms with Gasteiger partial charge < -0.3 is 5.32 Å². The van der Waals surface area contributed by atoms with Crippen molar-refractivity contribution >= 4 is 0 Å². The zero-order chi connectivity index (χ0) is 9.31. The van der Waals surface area contributed by atoms with Crippen LogP contribution < -0.4 is 5.32 Å². The van der Waals surface area contributed by atoms with E-state index in [0.717, 1.165) is 13.0 Å². The van der Waals surface area contributed by atoms with Gasteiger partial charge >= 0.3 is 0 Å². The third kappa shape index (κ3) is 1.91. The van der Waals surface area contributed by atoms with Crippen LogP contribution in [0.2, 0.25) is 0 Å². The molecular weight excluding hydrogens is 162 g/mol. The van der Waals surface area contributed by atoms with Gasteiger partial charge in [0, 0.05) is 25.2 Å². The number of aryl methyl sites for hydroxylation is 1. The summed E-state index contributed by atoms with van der Waals surface area (Å²) in [5, 5.41) is 7.94. The zero-order valence-corrected chi connectivity index (χ0v) is 8.38. The maximum absolute atomic E-state index is 4.40. The minimum atomic E-state index is 0.286. The Morgan fingerprint density at radius 2 is 2.54 bits per heavy atom. The van der Waals surface area contributed by atoms with Crippen molar-refractivity contribution in [3.63, 3.8) is 0 Å². The van der Waals surface area contributed by atoms with Gasteiger partial charge in [-0.05, 0) is 32.4 Å². The molecule has 1 N–H and O–H groups in total. The third-order valence-electron chi connectivity index (χ3n) is 2.80. The van der Waals surface area contributed by atoms with Crippen LogP contribution in [0.25, 0.3) is 0 Å². The molecule has 1 aliphatic heterocycles. The van der Waals surface area contributed by atoms with E-state index >= 15 is 0 Å². The van der Waals surface area contributed by atoms with Crippen LogP contribution in [-0.2, 0) is 13.5 Å². The molecule has 0 amide bonds. The second-order valence-corrected chi connectivity index (χ2v) is 4.25. The van der Waals surface area contributed by atoms with Gasteiger partial charge in [-0.25, -0.2) is 0 Å². The molecule has 0 aromatic carbocycles.